The van der Waals surface area contributed by atoms with Gasteiger partial charge in [0.25, 0.3) is 0 Å². The fourth-order valence-corrected chi connectivity index (χ4v) is 4.80. The molecule has 0 amide bonds. The van der Waals surface area contributed by atoms with Gasteiger partial charge < -0.3 is 10.1 Å². The van der Waals surface area contributed by atoms with Crippen LogP contribution in [0.3, 0.4) is 0 Å². The van der Waals surface area contributed by atoms with Gasteiger partial charge >= 0.3 is 0 Å². The quantitative estimate of drug-likeness (QED) is 0.843. The Hall–Kier alpha value is -0.120. The summed E-state index contributed by atoms with van der Waals surface area (Å²) in [5, 5.41) is 3.58. The maximum absolute atomic E-state index is 6.24. The maximum Gasteiger partial charge on any atom is 0.0697 e. The Labute approximate surface area is 130 Å². The average molecular weight is 294 g/mol. The molecule has 0 bridgehead atoms. The van der Waals surface area contributed by atoms with Gasteiger partial charge in [0.1, 0.15) is 0 Å². The Morgan fingerprint density at radius 2 is 2.05 bits per heavy atom. The second-order valence-electron chi connectivity index (χ2n) is 7.59. The van der Waals surface area contributed by atoms with Gasteiger partial charge in [-0.1, -0.05) is 19.8 Å². The van der Waals surface area contributed by atoms with Crippen molar-refractivity contribution in [2.75, 3.05) is 32.8 Å². The highest BCUT2D eigenvalue weighted by atomic mass is 16.5. The Kier molecular flexibility index (Phi) is 5.58. The van der Waals surface area contributed by atoms with Gasteiger partial charge in [0, 0.05) is 19.2 Å². The zero-order chi connectivity index (χ0) is 14.5. The monoisotopic (exact) mass is 294 g/mol. The number of hydrogen-bond donors (Lipinski definition) is 1. The first-order valence-electron chi connectivity index (χ1n) is 9.40. The Bertz CT molecular complexity index is 308. The van der Waals surface area contributed by atoms with Crippen molar-refractivity contribution in [2.45, 2.75) is 76.4 Å². The van der Waals surface area contributed by atoms with E-state index in [0.29, 0.717) is 0 Å². The molecule has 0 aromatic carbocycles. The topological polar surface area (TPSA) is 24.5 Å². The largest absolute Gasteiger partial charge is 0.375 e. The minimum absolute atomic E-state index is 0.264. The summed E-state index contributed by atoms with van der Waals surface area (Å²) in [4.78, 5) is 2.82. The molecular formula is C18H34N2O. The maximum atomic E-state index is 6.24. The van der Waals surface area contributed by atoms with Crippen LogP contribution in [0.2, 0.25) is 0 Å². The van der Waals surface area contributed by atoms with E-state index in [-0.39, 0.29) is 5.60 Å². The summed E-state index contributed by atoms with van der Waals surface area (Å²) in [6.07, 6.45) is 12.0. The van der Waals surface area contributed by atoms with Crippen LogP contribution in [-0.4, -0.2) is 49.3 Å². The average Bonchev–Trinajstić information content (AvgIpc) is 2.96. The Balaban J connectivity index is 1.59. The van der Waals surface area contributed by atoms with Gasteiger partial charge in [0.15, 0.2) is 0 Å². The van der Waals surface area contributed by atoms with Crippen LogP contribution in [0.25, 0.3) is 0 Å². The Morgan fingerprint density at radius 3 is 2.76 bits per heavy atom. The summed E-state index contributed by atoms with van der Waals surface area (Å²) in [6.45, 7) is 8.36. The number of nitrogens with zero attached hydrogens (tertiary/aromatic N) is 1. The minimum atomic E-state index is 0.264. The smallest absolute Gasteiger partial charge is 0.0697 e. The molecule has 2 unspecified atom stereocenters. The van der Waals surface area contributed by atoms with Gasteiger partial charge in [-0.25, -0.2) is 0 Å². The predicted octanol–water partition coefficient (Wildman–Crippen LogP) is 3.19. The van der Waals surface area contributed by atoms with Gasteiger partial charge in [-0.2, -0.15) is 0 Å². The molecular weight excluding hydrogens is 260 g/mol. The van der Waals surface area contributed by atoms with Crippen molar-refractivity contribution >= 4 is 0 Å². The fourth-order valence-electron chi connectivity index (χ4n) is 4.80. The second kappa shape index (κ2) is 7.43. The van der Waals surface area contributed by atoms with Gasteiger partial charge in [-0.3, -0.25) is 4.90 Å². The molecule has 1 N–H and O–H groups in total. The van der Waals surface area contributed by atoms with Crippen LogP contribution in [0.5, 0.6) is 0 Å². The minimum Gasteiger partial charge on any atom is -0.375 e. The molecule has 3 rings (SSSR count). The van der Waals surface area contributed by atoms with Gasteiger partial charge in [0.2, 0.25) is 0 Å². The lowest BCUT2D eigenvalue weighted by Crippen LogP contribution is -2.50. The molecule has 21 heavy (non-hydrogen) atoms. The molecule has 3 heteroatoms. The van der Waals surface area contributed by atoms with Crippen LogP contribution in [0, 0.1) is 5.92 Å². The molecule has 0 aromatic heterocycles. The summed E-state index contributed by atoms with van der Waals surface area (Å²) >= 11 is 0. The third-order valence-electron chi connectivity index (χ3n) is 5.90. The standard InChI is InChI=1S/C18H34N2O/c1-2-11-20(15-16-6-5-10-19-14-16)17-7-12-21-18(13-17)8-3-4-9-18/h16-17,19H,2-15H2,1H3. The summed E-state index contributed by atoms with van der Waals surface area (Å²) < 4.78 is 6.24. The van der Waals surface area contributed by atoms with E-state index in [1.807, 2.05) is 0 Å². The van der Waals surface area contributed by atoms with E-state index < -0.39 is 0 Å². The highest BCUT2D eigenvalue weighted by molar-refractivity contribution is 4.94. The highest BCUT2D eigenvalue weighted by Crippen LogP contribution is 2.41. The molecule has 2 heterocycles. The van der Waals surface area contributed by atoms with E-state index in [2.05, 4.69) is 17.1 Å². The van der Waals surface area contributed by atoms with Gasteiger partial charge in [-0.05, 0) is 70.5 Å². The zero-order valence-electron chi connectivity index (χ0n) is 13.9. The van der Waals surface area contributed by atoms with Crippen LogP contribution < -0.4 is 5.32 Å². The first-order valence-corrected chi connectivity index (χ1v) is 9.40. The molecule has 3 aliphatic rings. The lowest BCUT2D eigenvalue weighted by atomic mass is 9.87. The summed E-state index contributed by atoms with van der Waals surface area (Å²) in [6, 6.07) is 0.777. The van der Waals surface area contributed by atoms with E-state index in [1.54, 1.807) is 0 Å². The van der Waals surface area contributed by atoms with Crippen molar-refractivity contribution < 1.29 is 4.74 Å². The van der Waals surface area contributed by atoms with Crippen LogP contribution >= 0.6 is 0 Å². The first-order chi connectivity index (χ1) is 10.3. The first kappa shape index (κ1) is 15.8. The number of piperidine rings is 1. The molecule has 2 saturated heterocycles. The molecule has 3 nitrogen and oxygen atoms in total. The normalized spacial score (nSPS) is 32.9. The third-order valence-corrected chi connectivity index (χ3v) is 5.90. The molecule has 1 saturated carbocycles. The summed E-state index contributed by atoms with van der Waals surface area (Å²) in [7, 11) is 0. The van der Waals surface area contributed by atoms with Gasteiger partial charge in [-0.15, -0.1) is 0 Å². The van der Waals surface area contributed by atoms with E-state index in [1.165, 1.54) is 84.0 Å². The van der Waals surface area contributed by atoms with E-state index in [9.17, 15) is 0 Å². The van der Waals surface area contributed by atoms with Crippen molar-refractivity contribution in [2.24, 2.45) is 5.92 Å². The van der Waals surface area contributed by atoms with Crippen LogP contribution in [0.15, 0.2) is 0 Å². The molecule has 122 valence electrons. The molecule has 0 aromatic rings. The van der Waals surface area contributed by atoms with Crippen LogP contribution in [-0.2, 0) is 4.74 Å². The van der Waals surface area contributed by atoms with Crippen molar-refractivity contribution in [3.8, 4) is 0 Å². The number of rotatable bonds is 5. The Morgan fingerprint density at radius 1 is 1.19 bits per heavy atom. The zero-order valence-corrected chi connectivity index (χ0v) is 13.9. The van der Waals surface area contributed by atoms with Crippen LogP contribution in [0.1, 0.15) is 64.7 Å². The van der Waals surface area contributed by atoms with Crippen molar-refractivity contribution in [1.82, 2.24) is 10.2 Å². The molecule has 3 fully saturated rings. The lowest BCUT2D eigenvalue weighted by Gasteiger charge is -2.44. The predicted molar refractivity (Wildman–Crippen MR) is 87.6 cm³/mol. The van der Waals surface area contributed by atoms with E-state index in [4.69, 9.17) is 4.74 Å². The van der Waals surface area contributed by atoms with Crippen LogP contribution in [0.4, 0.5) is 0 Å². The number of nitrogens with one attached hydrogen (secondary N) is 1. The number of ether oxygens (including phenoxy) is 1. The molecule has 2 aliphatic heterocycles. The molecule has 2 atom stereocenters. The van der Waals surface area contributed by atoms with Crippen molar-refractivity contribution in [1.29, 1.82) is 0 Å². The second-order valence-corrected chi connectivity index (χ2v) is 7.59. The third kappa shape index (κ3) is 4.00. The summed E-state index contributed by atoms with van der Waals surface area (Å²) in [5.74, 6) is 0.868. The number of hydrogen-bond acceptors (Lipinski definition) is 3. The molecule has 1 spiro atoms. The SMILES string of the molecule is CCCN(CC1CCCNC1)C1CCOC2(CCCC2)C1. The highest BCUT2D eigenvalue weighted by Gasteiger charge is 2.41. The molecule has 0 radical (unpaired) electrons. The van der Waals surface area contributed by atoms with Crippen molar-refractivity contribution in [3.05, 3.63) is 0 Å². The van der Waals surface area contributed by atoms with Gasteiger partial charge in [0.05, 0.1) is 5.60 Å². The fraction of sp³-hybridized carbons (Fsp3) is 1.00. The van der Waals surface area contributed by atoms with E-state index in [0.717, 1.165) is 18.6 Å². The lowest BCUT2D eigenvalue weighted by molar-refractivity contribution is -0.103. The van der Waals surface area contributed by atoms with E-state index >= 15 is 0 Å². The molecule has 1 aliphatic carbocycles. The summed E-state index contributed by atoms with van der Waals surface area (Å²) in [5.41, 5.74) is 0.264. The van der Waals surface area contributed by atoms with Crippen molar-refractivity contribution in [3.63, 3.8) is 0 Å².